The first-order valence-corrected chi connectivity index (χ1v) is 10.2. The predicted octanol–water partition coefficient (Wildman–Crippen LogP) is 4.65. The molecule has 2 aromatic carbocycles. The summed E-state index contributed by atoms with van der Waals surface area (Å²) in [5, 5.41) is 14.9. The van der Waals surface area contributed by atoms with E-state index in [9.17, 15) is 9.90 Å². The van der Waals surface area contributed by atoms with Crippen molar-refractivity contribution in [2.45, 2.75) is 33.7 Å². The van der Waals surface area contributed by atoms with E-state index in [0.717, 1.165) is 29.7 Å². The van der Waals surface area contributed by atoms with Gasteiger partial charge in [0.15, 0.2) is 0 Å². The normalized spacial score (nSPS) is 12.2. The number of carbonyl (C=O) groups excluding carboxylic acids is 1. The van der Waals surface area contributed by atoms with E-state index in [0.29, 0.717) is 11.1 Å². The van der Waals surface area contributed by atoms with Gasteiger partial charge in [-0.25, -0.2) is 0 Å². The number of phenols is 1. The standard InChI is InChI=1S/C24H29N3O2/c1-5-27(6-2)19-12-9-18(10-13-19)21(26-24(29)16(3)4)20-14-11-17-8-7-15-25-22(17)23(20)28/h7-16,21,28H,5-6H2,1-4H3,(H,26,29)/t21-/m0/s1. The molecule has 0 saturated heterocycles. The number of carbonyl (C=O) groups is 1. The average Bonchev–Trinajstić information content (AvgIpc) is 2.74. The van der Waals surface area contributed by atoms with Crippen molar-refractivity contribution in [2.24, 2.45) is 5.92 Å². The lowest BCUT2D eigenvalue weighted by atomic mass is 9.95. The van der Waals surface area contributed by atoms with E-state index in [1.165, 1.54) is 0 Å². The first-order chi connectivity index (χ1) is 14.0. The van der Waals surface area contributed by atoms with Crippen molar-refractivity contribution in [3.8, 4) is 5.75 Å². The fraction of sp³-hybridized carbons (Fsp3) is 0.333. The number of fused-ring (bicyclic) bond motifs is 1. The fourth-order valence-corrected chi connectivity index (χ4v) is 3.49. The summed E-state index contributed by atoms with van der Waals surface area (Å²) in [6, 6.07) is 15.2. The second-order valence-corrected chi connectivity index (χ2v) is 7.44. The number of rotatable bonds is 7. The van der Waals surface area contributed by atoms with Crippen LogP contribution in [0, 0.1) is 5.92 Å². The molecule has 5 heteroatoms. The molecule has 1 atom stereocenters. The first-order valence-electron chi connectivity index (χ1n) is 10.2. The Hall–Kier alpha value is -3.08. The van der Waals surface area contributed by atoms with Crippen molar-refractivity contribution in [3.05, 3.63) is 65.9 Å². The maximum atomic E-state index is 12.5. The molecule has 1 aromatic heterocycles. The minimum atomic E-state index is -0.456. The molecule has 1 heterocycles. The molecule has 152 valence electrons. The van der Waals surface area contributed by atoms with Crippen LogP contribution in [0.4, 0.5) is 5.69 Å². The maximum Gasteiger partial charge on any atom is 0.223 e. The number of nitrogens with one attached hydrogen (secondary N) is 1. The number of hydrogen-bond acceptors (Lipinski definition) is 4. The van der Waals surface area contributed by atoms with Crippen molar-refractivity contribution >= 4 is 22.5 Å². The van der Waals surface area contributed by atoms with Gasteiger partial charge in [0, 0.05) is 41.8 Å². The number of aromatic nitrogens is 1. The first kappa shape index (κ1) is 20.6. The number of anilines is 1. The van der Waals surface area contributed by atoms with Crippen LogP contribution < -0.4 is 10.2 Å². The van der Waals surface area contributed by atoms with E-state index in [2.05, 4.69) is 41.2 Å². The Labute approximate surface area is 172 Å². The van der Waals surface area contributed by atoms with Crippen molar-refractivity contribution in [1.82, 2.24) is 10.3 Å². The summed E-state index contributed by atoms with van der Waals surface area (Å²) in [5.41, 5.74) is 3.23. The lowest BCUT2D eigenvalue weighted by Crippen LogP contribution is -2.32. The third-order valence-corrected chi connectivity index (χ3v) is 5.26. The molecule has 0 aliphatic rings. The second-order valence-electron chi connectivity index (χ2n) is 7.44. The van der Waals surface area contributed by atoms with E-state index in [-0.39, 0.29) is 17.6 Å². The summed E-state index contributed by atoms with van der Waals surface area (Å²) in [4.78, 5) is 19.1. The third kappa shape index (κ3) is 4.34. The van der Waals surface area contributed by atoms with E-state index in [1.807, 2.05) is 50.2 Å². The van der Waals surface area contributed by atoms with Gasteiger partial charge in [-0.2, -0.15) is 0 Å². The molecule has 0 radical (unpaired) electrons. The van der Waals surface area contributed by atoms with Gasteiger partial charge in [-0.3, -0.25) is 9.78 Å². The Kier molecular flexibility index (Phi) is 6.37. The van der Waals surface area contributed by atoms with Crippen molar-refractivity contribution in [3.63, 3.8) is 0 Å². The molecule has 5 nitrogen and oxygen atoms in total. The van der Waals surface area contributed by atoms with Gasteiger partial charge in [-0.1, -0.05) is 44.2 Å². The van der Waals surface area contributed by atoms with Crippen LogP contribution in [0.2, 0.25) is 0 Å². The highest BCUT2D eigenvalue weighted by Gasteiger charge is 2.23. The largest absolute Gasteiger partial charge is 0.505 e. The second kappa shape index (κ2) is 8.95. The Morgan fingerprint density at radius 1 is 1.07 bits per heavy atom. The Bertz CT molecular complexity index is 979. The van der Waals surface area contributed by atoms with Gasteiger partial charge >= 0.3 is 0 Å². The summed E-state index contributed by atoms with van der Waals surface area (Å²) in [5.74, 6) is -0.124. The number of benzene rings is 2. The topological polar surface area (TPSA) is 65.5 Å². The van der Waals surface area contributed by atoms with Crippen LogP contribution in [-0.4, -0.2) is 29.1 Å². The van der Waals surface area contributed by atoms with Crippen LogP contribution in [0.5, 0.6) is 5.75 Å². The molecule has 29 heavy (non-hydrogen) atoms. The number of aromatic hydroxyl groups is 1. The summed E-state index contributed by atoms with van der Waals surface area (Å²) < 4.78 is 0. The quantitative estimate of drug-likeness (QED) is 0.615. The molecule has 3 aromatic rings. The molecule has 1 amide bonds. The van der Waals surface area contributed by atoms with Crippen LogP contribution in [0.1, 0.15) is 44.9 Å². The molecular formula is C24H29N3O2. The Morgan fingerprint density at radius 3 is 2.38 bits per heavy atom. The summed E-state index contributed by atoms with van der Waals surface area (Å²) in [6.07, 6.45) is 1.66. The zero-order chi connectivity index (χ0) is 21.0. The van der Waals surface area contributed by atoms with Crippen LogP contribution in [0.3, 0.4) is 0 Å². The molecule has 0 spiro atoms. The number of pyridine rings is 1. The molecule has 0 unspecified atom stereocenters. The molecule has 0 bridgehead atoms. The molecule has 0 fully saturated rings. The van der Waals surface area contributed by atoms with Gasteiger partial charge < -0.3 is 15.3 Å². The maximum absolute atomic E-state index is 12.5. The Morgan fingerprint density at radius 2 is 1.76 bits per heavy atom. The third-order valence-electron chi connectivity index (χ3n) is 5.26. The van der Waals surface area contributed by atoms with E-state index in [4.69, 9.17) is 0 Å². The summed E-state index contributed by atoms with van der Waals surface area (Å²) in [7, 11) is 0. The van der Waals surface area contributed by atoms with Gasteiger partial charge in [0.2, 0.25) is 5.91 Å². The lowest BCUT2D eigenvalue weighted by Gasteiger charge is -2.25. The van der Waals surface area contributed by atoms with Gasteiger partial charge in [0.1, 0.15) is 11.3 Å². The van der Waals surface area contributed by atoms with Gasteiger partial charge in [0.25, 0.3) is 0 Å². The summed E-state index contributed by atoms with van der Waals surface area (Å²) >= 11 is 0. The van der Waals surface area contributed by atoms with Crippen molar-refractivity contribution in [1.29, 1.82) is 0 Å². The van der Waals surface area contributed by atoms with E-state index >= 15 is 0 Å². The van der Waals surface area contributed by atoms with Gasteiger partial charge in [-0.05, 0) is 37.6 Å². The highest BCUT2D eigenvalue weighted by atomic mass is 16.3. The number of nitrogens with zero attached hydrogens (tertiary/aromatic N) is 2. The molecule has 0 aliphatic heterocycles. The highest BCUT2D eigenvalue weighted by molar-refractivity contribution is 5.86. The predicted molar refractivity (Wildman–Crippen MR) is 118 cm³/mol. The molecule has 0 aliphatic carbocycles. The van der Waals surface area contributed by atoms with Gasteiger partial charge in [-0.15, -0.1) is 0 Å². The number of amides is 1. The fourth-order valence-electron chi connectivity index (χ4n) is 3.49. The molecular weight excluding hydrogens is 362 g/mol. The van der Waals surface area contributed by atoms with Crippen LogP contribution in [0.25, 0.3) is 10.9 Å². The highest BCUT2D eigenvalue weighted by Crippen LogP contribution is 2.35. The smallest absolute Gasteiger partial charge is 0.223 e. The van der Waals surface area contributed by atoms with Crippen molar-refractivity contribution < 1.29 is 9.90 Å². The SMILES string of the molecule is CCN(CC)c1ccc([C@H](NC(=O)C(C)C)c2ccc3cccnc3c2O)cc1. The van der Waals surface area contributed by atoms with Crippen LogP contribution >= 0.6 is 0 Å². The number of hydrogen-bond donors (Lipinski definition) is 2. The monoisotopic (exact) mass is 391 g/mol. The van der Waals surface area contributed by atoms with E-state index < -0.39 is 6.04 Å². The van der Waals surface area contributed by atoms with Crippen LogP contribution in [0.15, 0.2) is 54.7 Å². The number of phenolic OH excluding ortho intramolecular Hbond substituents is 1. The van der Waals surface area contributed by atoms with Gasteiger partial charge in [0.05, 0.1) is 6.04 Å². The van der Waals surface area contributed by atoms with E-state index in [1.54, 1.807) is 6.20 Å². The minimum absolute atomic E-state index is 0.0664. The molecule has 3 rings (SSSR count). The van der Waals surface area contributed by atoms with Crippen LogP contribution in [-0.2, 0) is 4.79 Å². The zero-order valence-corrected chi connectivity index (χ0v) is 17.5. The molecule has 0 saturated carbocycles. The zero-order valence-electron chi connectivity index (χ0n) is 17.5. The minimum Gasteiger partial charge on any atom is -0.505 e. The average molecular weight is 392 g/mol. The lowest BCUT2D eigenvalue weighted by molar-refractivity contribution is -0.124. The molecule has 2 N–H and O–H groups in total. The van der Waals surface area contributed by atoms with Crippen molar-refractivity contribution in [2.75, 3.05) is 18.0 Å². The Balaban J connectivity index is 2.06. The summed E-state index contributed by atoms with van der Waals surface area (Å²) in [6.45, 7) is 9.84.